The molecule has 0 bridgehead atoms. The highest BCUT2D eigenvalue weighted by Gasteiger charge is 2.25. The van der Waals surface area contributed by atoms with Crippen LogP contribution in [0.15, 0.2) is 17.8 Å². The Morgan fingerprint density at radius 1 is 1.50 bits per heavy atom. The normalized spacial score (nSPS) is 24.8. The third-order valence-corrected chi connectivity index (χ3v) is 4.82. The van der Waals surface area contributed by atoms with Crippen molar-refractivity contribution in [2.24, 2.45) is 5.92 Å². The van der Waals surface area contributed by atoms with Gasteiger partial charge in [-0.05, 0) is 19.3 Å². The van der Waals surface area contributed by atoms with Crippen molar-refractivity contribution in [1.82, 2.24) is 19.6 Å². The number of aromatic nitrogens is 2. The number of rotatable bonds is 4. The largest absolute Gasteiger partial charge is 0.311 e. The number of fused-ring (bicyclic) bond motifs is 1. The Morgan fingerprint density at radius 2 is 2.35 bits per heavy atom. The average molecular weight is 292 g/mol. The molecule has 3 rings (SSSR count). The Labute approximate surface area is 124 Å². The molecule has 0 spiro atoms. The molecule has 1 saturated heterocycles. The SMILES string of the molecule is CC(C)CC1CN(Cc2cn3ccsc3n2)C(C)CN1. The summed E-state index contributed by atoms with van der Waals surface area (Å²) in [6, 6.07) is 1.20. The van der Waals surface area contributed by atoms with E-state index < -0.39 is 0 Å². The first-order valence-electron chi connectivity index (χ1n) is 7.50. The number of hydrogen-bond donors (Lipinski definition) is 1. The minimum atomic E-state index is 0.582. The fourth-order valence-electron chi connectivity index (χ4n) is 3.00. The second kappa shape index (κ2) is 5.84. The summed E-state index contributed by atoms with van der Waals surface area (Å²) in [7, 11) is 0. The van der Waals surface area contributed by atoms with Crippen LogP contribution in [-0.2, 0) is 6.54 Å². The van der Waals surface area contributed by atoms with Crippen LogP contribution in [0.1, 0.15) is 32.9 Å². The van der Waals surface area contributed by atoms with Crippen molar-refractivity contribution in [3.63, 3.8) is 0 Å². The van der Waals surface area contributed by atoms with Crippen molar-refractivity contribution in [2.75, 3.05) is 13.1 Å². The van der Waals surface area contributed by atoms with Gasteiger partial charge in [0.1, 0.15) is 0 Å². The van der Waals surface area contributed by atoms with E-state index in [1.165, 1.54) is 12.1 Å². The smallest absolute Gasteiger partial charge is 0.193 e. The molecule has 4 nitrogen and oxygen atoms in total. The predicted molar refractivity (Wildman–Crippen MR) is 84.2 cm³/mol. The van der Waals surface area contributed by atoms with E-state index in [0.29, 0.717) is 12.1 Å². The summed E-state index contributed by atoms with van der Waals surface area (Å²) in [6.45, 7) is 10.1. The van der Waals surface area contributed by atoms with Crippen molar-refractivity contribution in [3.8, 4) is 0 Å². The first kappa shape index (κ1) is 14.0. The van der Waals surface area contributed by atoms with Gasteiger partial charge in [-0.25, -0.2) is 4.98 Å². The van der Waals surface area contributed by atoms with Gasteiger partial charge in [0, 0.05) is 49.5 Å². The molecule has 5 heteroatoms. The summed E-state index contributed by atoms with van der Waals surface area (Å²) in [6.07, 6.45) is 5.50. The number of imidazole rings is 1. The molecule has 2 unspecified atom stereocenters. The summed E-state index contributed by atoms with van der Waals surface area (Å²) < 4.78 is 2.12. The summed E-state index contributed by atoms with van der Waals surface area (Å²) in [4.78, 5) is 8.37. The molecule has 20 heavy (non-hydrogen) atoms. The lowest BCUT2D eigenvalue weighted by molar-refractivity contribution is 0.123. The number of nitrogens with one attached hydrogen (secondary N) is 1. The molecule has 1 fully saturated rings. The highest BCUT2D eigenvalue weighted by Crippen LogP contribution is 2.17. The monoisotopic (exact) mass is 292 g/mol. The number of thiazole rings is 1. The van der Waals surface area contributed by atoms with Crippen LogP contribution in [0.2, 0.25) is 0 Å². The molecule has 0 amide bonds. The lowest BCUT2D eigenvalue weighted by Crippen LogP contribution is -2.55. The Hall–Kier alpha value is -0.910. The molecule has 2 aromatic rings. The van der Waals surface area contributed by atoms with Crippen molar-refractivity contribution in [1.29, 1.82) is 0 Å². The van der Waals surface area contributed by atoms with E-state index >= 15 is 0 Å². The van der Waals surface area contributed by atoms with Crippen LogP contribution in [0.3, 0.4) is 0 Å². The maximum absolute atomic E-state index is 4.71. The second-order valence-electron chi connectivity index (χ2n) is 6.34. The first-order chi connectivity index (χ1) is 9.61. The molecular formula is C15H24N4S. The summed E-state index contributed by atoms with van der Waals surface area (Å²) >= 11 is 1.70. The summed E-state index contributed by atoms with van der Waals surface area (Å²) in [5.74, 6) is 0.751. The van der Waals surface area contributed by atoms with Crippen molar-refractivity contribution < 1.29 is 0 Å². The number of nitrogens with zero attached hydrogens (tertiary/aromatic N) is 3. The number of hydrogen-bond acceptors (Lipinski definition) is 4. The highest BCUT2D eigenvalue weighted by atomic mass is 32.1. The Kier molecular flexibility index (Phi) is 4.10. The van der Waals surface area contributed by atoms with E-state index in [0.717, 1.165) is 30.5 Å². The van der Waals surface area contributed by atoms with E-state index in [-0.39, 0.29) is 0 Å². The van der Waals surface area contributed by atoms with Crippen LogP contribution < -0.4 is 5.32 Å². The minimum Gasteiger partial charge on any atom is -0.311 e. The fraction of sp³-hybridized carbons (Fsp3) is 0.667. The molecule has 3 heterocycles. The maximum atomic E-state index is 4.71. The second-order valence-corrected chi connectivity index (χ2v) is 7.21. The van der Waals surface area contributed by atoms with Crippen molar-refractivity contribution in [2.45, 2.75) is 45.8 Å². The molecule has 1 aliphatic rings. The van der Waals surface area contributed by atoms with Crippen LogP contribution >= 0.6 is 11.3 Å². The molecule has 110 valence electrons. The maximum Gasteiger partial charge on any atom is 0.193 e. The van der Waals surface area contributed by atoms with Gasteiger partial charge in [0.25, 0.3) is 0 Å². The van der Waals surface area contributed by atoms with Gasteiger partial charge in [-0.15, -0.1) is 11.3 Å². The zero-order valence-electron chi connectivity index (χ0n) is 12.5. The van der Waals surface area contributed by atoms with E-state index in [1.807, 2.05) is 0 Å². The third-order valence-electron chi connectivity index (χ3n) is 4.04. The van der Waals surface area contributed by atoms with Gasteiger partial charge < -0.3 is 5.32 Å². The van der Waals surface area contributed by atoms with Gasteiger partial charge in [-0.2, -0.15) is 0 Å². The first-order valence-corrected chi connectivity index (χ1v) is 8.38. The summed E-state index contributed by atoms with van der Waals surface area (Å²) in [5.41, 5.74) is 1.19. The summed E-state index contributed by atoms with van der Waals surface area (Å²) in [5, 5.41) is 5.75. The molecule has 2 atom stereocenters. The third kappa shape index (κ3) is 3.05. The zero-order valence-corrected chi connectivity index (χ0v) is 13.4. The van der Waals surface area contributed by atoms with Crippen molar-refractivity contribution >= 4 is 16.3 Å². The van der Waals surface area contributed by atoms with Gasteiger partial charge in [0.2, 0.25) is 0 Å². The molecule has 0 aromatic carbocycles. The van der Waals surface area contributed by atoms with Gasteiger partial charge in [0.05, 0.1) is 5.69 Å². The molecule has 1 N–H and O–H groups in total. The van der Waals surface area contributed by atoms with Gasteiger partial charge in [0.15, 0.2) is 4.96 Å². The topological polar surface area (TPSA) is 32.6 Å². The van der Waals surface area contributed by atoms with Crippen LogP contribution in [-0.4, -0.2) is 39.5 Å². The molecule has 2 aromatic heterocycles. The predicted octanol–water partition coefficient (Wildman–Crippen LogP) is 2.60. The Bertz CT molecular complexity index is 530. The zero-order chi connectivity index (χ0) is 14.1. The quantitative estimate of drug-likeness (QED) is 0.940. The van der Waals surface area contributed by atoms with E-state index in [4.69, 9.17) is 4.98 Å². The van der Waals surface area contributed by atoms with Gasteiger partial charge in [-0.3, -0.25) is 9.30 Å². The Balaban J connectivity index is 1.66. The molecular weight excluding hydrogens is 268 g/mol. The van der Waals surface area contributed by atoms with Crippen LogP contribution in [0.5, 0.6) is 0 Å². The van der Waals surface area contributed by atoms with Crippen molar-refractivity contribution in [3.05, 3.63) is 23.5 Å². The van der Waals surface area contributed by atoms with E-state index in [1.54, 1.807) is 11.3 Å². The molecule has 0 radical (unpaired) electrons. The number of piperazine rings is 1. The Morgan fingerprint density at radius 3 is 3.10 bits per heavy atom. The standard InChI is InChI=1S/C15H24N4S/c1-11(2)6-13-8-19(12(3)7-16-13)10-14-9-18-4-5-20-15(18)17-14/h4-5,9,11-13,16H,6-8,10H2,1-3H3. The lowest BCUT2D eigenvalue weighted by atomic mass is 10.00. The van der Waals surface area contributed by atoms with Crippen LogP contribution in [0.4, 0.5) is 0 Å². The lowest BCUT2D eigenvalue weighted by Gasteiger charge is -2.39. The molecule has 0 saturated carbocycles. The fourth-order valence-corrected chi connectivity index (χ4v) is 3.72. The van der Waals surface area contributed by atoms with E-state index in [9.17, 15) is 0 Å². The molecule has 0 aliphatic carbocycles. The van der Waals surface area contributed by atoms with E-state index in [2.05, 4.69) is 53.2 Å². The van der Waals surface area contributed by atoms with Crippen LogP contribution in [0.25, 0.3) is 4.96 Å². The molecule has 1 aliphatic heterocycles. The highest BCUT2D eigenvalue weighted by molar-refractivity contribution is 7.15. The van der Waals surface area contributed by atoms with Gasteiger partial charge in [-0.1, -0.05) is 13.8 Å². The minimum absolute atomic E-state index is 0.582. The average Bonchev–Trinajstić information content (AvgIpc) is 2.93. The van der Waals surface area contributed by atoms with Crippen LogP contribution in [0, 0.1) is 5.92 Å². The van der Waals surface area contributed by atoms with Gasteiger partial charge >= 0.3 is 0 Å².